The monoisotopic (exact) mass is 218 g/mol. The molecule has 1 aromatic carbocycles. The van der Waals surface area contributed by atoms with Gasteiger partial charge in [0, 0.05) is 6.07 Å². The summed E-state index contributed by atoms with van der Waals surface area (Å²) in [6.07, 6.45) is 0. The molecule has 6 heteroatoms. The fourth-order valence-corrected chi connectivity index (χ4v) is 1.05. The molecule has 14 heavy (non-hydrogen) atoms. The van der Waals surface area contributed by atoms with Crippen molar-refractivity contribution in [1.82, 2.24) is 0 Å². The first-order valence-corrected chi connectivity index (χ1v) is 4.08. The summed E-state index contributed by atoms with van der Waals surface area (Å²) >= 11 is 5.48. The molecule has 0 saturated carbocycles. The van der Waals surface area contributed by atoms with Crippen LogP contribution in [0.2, 0.25) is 5.02 Å². The van der Waals surface area contributed by atoms with E-state index in [1.165, 1.54) is 6.07 Å². The molecule has 0 unspecified atom stereocenters. The van der Waals surface area contributed by atoms with Gasteiger partial charge in [-0.15, -0.1) is 0 Å². The number of anilines is 2. The van der Waals surface area contributed by atoms with E-state index in [0.717, 1.165) is 6.07 Å². The number of hydrogen-bond acceptors (Lipinski definition) is 3. The van der Waals surface area contributed by atoms with Gasteiger partial charge in [0.2, 0.25) is 0 Å². The molecule has 0 bridgehead atoms. The molecule has 0 aliphatic carbocycles. The summed E-state index contributed by atoms with van der Waals surface area (Å²) in [5.74, 6) is -1.67. The number of rotatable bonds is 3. The van der Waals surface area contributed by atoms with E-state index < -0.39 is 11.8 Å². The van der Waals surface area contributed by atoms with Crippen LogP contribution in [0.1, 0.15) is 0 Å². The van der Waals surface area contributed by atoms with E-state index in [4.69, 9.17) is 22.4 Å². The summed E-state index contributed by atoms with van der Waals surface area (Å²) < 4.78 is 12.8. The van der Waals surface area contributed by atoms with Gasteiger partial charge in [0.15, 0.2) is 0 Å². The molecule has 1 aromatic rings. The van der Waals surface area contributed by atoms with Crippen molar-refractivity contribution in [3.8, 4) is 0 Å². The zero-order chi connectivity index (χ0) is 10.7. The lowest BCUT2D eigenvalue weighted by atomic mass is 10.2. The van der Waals surface area contributed by atoms with Crippen LogP contribution in [0.15, 0.2) is 12.1 Å². The smallest absolute Gasteiger partial charge is 0.322 e. The molecule has 1 rings (SSSR count). The topological polar surface area (TPSA) is 75.3 Å². The number of benzene rings is 1. The zero-order valence-electron chi connectivity index (χ0n) is 7.05. The van der Waals surface area contributed by atoms with Crippen molar-refractivity contribution in [3.63, 3.8) is 0 Å². The predicted octanol–water partition coefficient (Wildman–Crippen LogP) is 1.56. The van der Waals surface area contributed by atoms with E-state index in [-0.39, 0.29) is 17.3 Å². The van der Waals surface area contributed by atoms with Crippen LogP contribution in [-0.4, -0.2) is 17.6 Å². The lowest BCUT2D eigenvalue weighted by molar-refractivity contribution is -0.134. The minimum absolute atomic E-state index is 0.105. The van der Waals surface area contributed by atoms with Gasteiger partial charge in [-0.1, -0.05) is 11.6 Å². The van der Waals surface area contributed by atoms with E-state index in [1.807, 2.05) is 0 Å². The van der Waals surface area contributed by atoms with Crippen molar-refractivity contribution in [2.45, 2.75) is 0 Å². The fourth-order valence-electron chi connectivity index (χ4n) is 0.886. The quantitative estimate of drug-likeness (QED) is 0.673. The van der Waals surface area contributed by atoms with E-state index >= 15 is 0 Å². The second kappa shape index (κ2) is 4.15. The van der Waals surface area contributed by atoms with Gasteiger partial charge >= 0.3 is 5.97 Å². The highest BCUT2D eigenvalue weighted by Gasteiger charge is 2.06. The summed E-state index contributed by atoms with van der Waals surface area (Å²) in [6.45, 7) is -0.299. The predicted molar refractivity (Wildman–Crippen MR) is 51.9 cm³/mol. The Morgan fingerprint density at radius 2 is 2.29 bits per heavy atom. The minimum atomic E-state index is -1.04. The molecule has 0 aromatic heterocycles. The van der Waals surface area contributed by atoms with Crippen LogP contribution in [0.4, 0.5) is 15.8 Å². The molecule has 4 N–H and O–H groups in total. The number of nitrogens with one attached hydrogen (secondary N) is 1. The van der Waals surface area contributed by atoms with Crippen LogP contribution in [-0.2, 0) is 4.79 Å². The molecular formula is C8H8ClFN2O2. The van der Waals surface area contributed by atoms with E-state index in [9.17, 15) is 9.18 Å². The highest BCUT2D eigenvalue weighted by atomic mass is 35.5. The number of halogens is 2. The Kier molecular flexibility index (Phi) is 3.14. The number of carbonyl (C=O) groups is 1. The molecular weight excluding hydrogens is 211 g/mol. The first-order chi connectivity index (χ1) is 6.50. The fraction of sp³-hybridized carbons (Fsp3) is 0.125. The van der Waals surface area contributed by atoms with Crippen molar-refractivity contribution >= 4 is 28.9 Å². The number of nitrogens with two attached hydrogens (primary N) is 1. The third kappa shape index (κ3) is 2.50. The molecule has 0 spiro atoms. The van der Waals surface area contributed by atoms with Crippen LogP contribution in [0, 0.1) is 5.82 Å². The van der Waals surface area contributed by atoms with Gasteiger partial charge in [-0.05, 0) is 6.07 Å². The summed E-state index contributed by atoms with van der Waals surface area (Å²) in [5.41, 5.74) is 5.85. The highest BCUT2D eigenvalue weighted by molar-refractivity contribution is 6.31. The van der Waals surface area contributed by atoms with Gasteiger partial charge in [-0.25, -0.2) is 4.39 Å². The normalized spacial score (nSPS) is 9.86. The van der Waals surface area contributed by atoms with Crippen LogP contribution in [0.5, 0.6) is 0 Å². The summed E-state index contributed by atoms with van der Waals surface area (Å²) in [7, 11) is 0. The third-order valence-electron chi connectivity index (χ3n) is 1.52. The second-order valence-electron chi connectivity index (χ2n) is 2.60. The molecule has 0 heterocycles. The first-order valence-electron chi connectivity index (χ1n) is 3.71. The largest absolute Gasteiger partial charge is 0.480 e. The van der Waals surface area contributed by atoms with Crippen molar-refractivity contribution < 1.29 is 14.3 Å². The maximum atomic E-state index is 12.8. The van der Waals surface area contributed by atoms with Crippen LogP contribution in [0.3, 0.4) is 0 Å². The van der Waals surface area contributed by atoms with Crippen LogP contribution < -0.4 is 11.1 Å². The number of hydrogen-bond donors (Lipinski definition) is 3. The van der Waals surface area contributed by atoms with Gasteiger partial charge in [-0.2, -0.15) is 0 Å². The van der Waals surface area contributed by atoms with Crippen molar-refractivity contribution in [1.29, 1.82) is 0 Å². The van der Waals surface area contributed by atoms with E-state index in [1.54, 1.807) is 0 Å². The van der Waals surface area contributed by atoms with E-state index in [2.05, 4.69) is 5.32 Å². The van der Waals surface area contributed by atoms with Crippen molar-refractivity contribution in [3.05, 3.63) is 23.0 Å². The Bertz CT molecular complexity index is 371. The number of carboxylic acids is 1. The molecule has 0 amide bonds. The van der Waals surface area contributed by atoms with Gasteiger partial charge in [0.05, 0.1) is 16.4 Å². The lowest BCUT2D eigenvalue weighted by Crippen LogP contribution is -2.13. The summed E-state index contributed by atoms with van der Waals surface area (Å²) in [5, 5.41) is 10.8. The Labute approximate surface area is 84.5 Å². The third-order valence-corrected chi connectivity index (χ3v) is 1.81. The molecule has 0 fully saturated rings. The average Bonchev–Trinajstić information content (AvgIpc) is 2.09. The van der Waals surface area contributed by atoms with Gasteiger partial charge in [-0.3, -0.25) is 4.79 Å². The molecule has 0 radical (unpaired) electrons. The highest BCUT2D eigenvalue weighted by Crippen LogP contribution is 2.25. The molecule has 0 saturated heterocycles. The Balaban J connectivity index is 2.87. The number of aliphatic carboxylic acids is 1. The molecule has 0 aliphatic rings. The number of nitrogen functional groups attached to an aromatic ring is 1. The Morgan fingerprint density at radius 1 is 1.64 bits per heavy atom. The van der Waals surface area contributed by atoms with Crippen LogP contribution in [0.25, 0.3) is 0 Å². The van der Waals surface area contributed by atoms with Crippen molar-refractivity contribution in [2.24, 2.45) is 0 Å². The van der Waals surface area contributed by atoms with Crippen molar-refractivity contribution in [2.75, 3.05) is 17.6 Å². The summed E-state index contributed by atoms with van der Waals surface area (Å²) in [4.78, 5) is 10.2. The lowest BCUT2D eigenvalue weighted by Gasteiger charge is -2.07. The first kappa shape index (κ1) is 10.6. The SMILES string of the molecule is Nc1cc(F)c(Cl)cc1NCC(=O)O. The second-order valence-corrected chi connectivity index (χ2v) is 3.01. The molecule has 0 aliphatic heterocycles. The average molecular weight is 219 g/mol. The minimum Gasteiger partial charge on any atom is -0.480 e. The molecule has 0 atom stereocenters. The Morgan fingerprint density at radius 3 is 2.86 bits per heavy atom. The maximum absolute atomic E-state index is 12.8. The van der Waals surface area contributed by atoms with Gasteiger partial charge in [0.25, 0.3) is 0 Å². The molecule has 4 nitrogen and oxygen atoms in total. The Hall–Kier alpha value is -1.49. The van der Waals surface area contributed by atoms with Crippen LogP contribution >= 0.6 is 11.6 Å². The zero-order valence-corrected chi connectivity index (χ0v) is 7.81. The van der Waals surface area contributed by atoms with E-state index in [0.29, 0.717) is 5.69 Å². The number of carboxylic acid groups (broad SMARTS) is 1. The van der Waals surface area contributed by atoms with Gasteiger partial charge < -0.3 is 16.2 Å². The maximum Gasteiger partial charge on any atom is 0.322 e. The summed E-state index contributed by atoms with van der Waals surface area (Å²) in [6, 6.07) is 2.28. The standard InChI is InChI=1S/C8H8ClFN2O2/c9-4-1-7(12-3-8(13)14)6(11)2-5(4)10/h1-2,12H,3,11H2,(H,13,14). The molecule has 76 valence electrons. The van der Waals surface area contributed by atoms with Gasteiger partial charge in [0.1, 0.15) is 12.4 Å².